The van der Waals surface area contributed by atoms with Gasteiger partial charge in [-0.3, -0.25) is 4.99 Å². The van der Waals surface area contributed by atoms with Crippen molar-refractivity contribution in [1.82, 2.24) is 10.3 Å². The number of allylic oxidation sites excluding steroid dienone is 2. The van der Waals surface area contributed by atoms with Crippen molar-refractivity contribution in [2.24, 2.45) is 15.4 Å². The Bertz CT molecular complexity index is 1150. The van der Waals surface area contributed by atoms with Crippen LogP contribution >= 0.6 is 0 Å². The number of alkyl halides is 2. The van der Waals surface area contributed by atoms with Gasteiger partial charge in [0.15, 0.2) is 5.82 Å². The minimum atomic E-state index is -2.92. The third-order valence-electron chi connectivity index (χ3n) is 5.47. The van der Waals surface area contributed by atoms with E-state index in [1.165, 1.54) is 12.1 Å². The lowest BCUT2D eigenvalue weighted by Gasteiger charge is -2.27. The summed E-state index contributed by atoms with van der Waals surface area (Å²) in [5, 5.41) is 3.29. The smallest absolute Gasteiger partial charge is 0.270 e. The van der Waals surface area contributed by atoms with Gasteiger partial charge >= 0.3 is 0 Å². The van der Waals surface area contributed by atoms with Crippen LogP contribution in [0.1, 0.15) is 53.5 Å². The van der Waals surface area contributed by atoms with Crippen molar-refractivity contribution in [1.29, 1.82) is 0 Å². The van der Waals surface area contributed by atoms with E-state index in [2.05, 4.69) is 37.7 Å². The zero-order chi connectivity index (χ0) is 25.1. The Balaban J connectivity index is 1.94. The minimum Gasteiger partial charge on any atom is -0.331 e. The molecule has 5 nitrogen and oxygen atoms in total. The summed E-state index contributed by atoms with van der Waals surface area (Å²) in [7, 11) is 0. The number of amidine groups is 1. The fraction of sp³-hybridized carbons (Fsp3) is 0.370. The number of hydrogen-bond donors (Lipinski definition) is 1. The van der Waals surface area contributed by atoms with Gasteiger partial charge in [0, 0.05) is 48.3 Å². The van der Waals surface area contributed by atoms with Crippen LogP contribution in [-0.2, 0) is 5.92 Å². The molecule has 0 unspecified atom stereocenters. The third-order valence-corrected chi connectivity index (χ3v) is 5.47. The number of nitrogens with one attached hydrogen (secondary N) is 1. The number of aliphatic imine (C=N–C) groups is 2. The first-order valence-corrected chi connectivity index (χ1v) is 11.4. The predicted octanol–water partition coefficient (Wildman–Crippen LogP) is 7.20. The molecule has 0 saturated carbocycles. The lowest BCUT2D eigenvalue weighted by Crippen LogP contribution is -2.35. The average Bonchev–Trinajstić information content (AvgIpc) is 2.98. The molecule has 2 aromatic rings. The number of fused-ring (bicyclic) bond motifs is 1. The van der Waals surface area contributed by atoms with Crippen molar-refractivity contribution in [3.63, 3.8) is 0 Å². The SMILES string of the molecule is C=C(N/C(C)=N/C(=C\C)C(C)(C)C)N1CCC=Nc2ccc(-c3cccc(C(C)(F)F)c3)nc21. The van der Waals surface area contributed by atoms with Crippen LogP contribution in [0.4, 0.5) is 20.3 Å². The van der Waals surface area contributed by atoms with Gasteiger partial charge in [0.1, 0.15) is 17.3 Å². The van der Waals surface area contributed by atoms with E-state index in [0.717, 1.165) is 12.6 Å². The Morgan fingerprint density at radius 2 is 1.91 bits per heavy atom. The van der Waals surface area contributed by atoms with Crippen LogP contribution in [-0.4, -0.2) is 23.6 Å². The molecule has 1 aliphatic heterocycles. The summed E-state index contributed by atoms with van der Waals surface area (Å²) >= 11 is 0. The Kier molecular flexibility index (Phi) is 7.34. The van der Waals surface area contributed by atoms with E-state index in [1.54, 1.807) is 18.2 Å². The lowest BCUT2D eigenvalue weighted by molar-refractivity contribution is 0.0175. The molecule has 3 rings (SSSR count). The van der Waals surface area contributed by atoms with Crippen molar-refractivity contribution in [3.05, 3.63) is 66.1 Å². The molecule has 0 bridgehead atoms. The summed E-state index contributed by atoms with van der Waals surface area (Å²) in [6.45, 7) is 16.0. The summed E-state index contributed by atoms with van der Waals surface area (Å²) < 4.78 is 27.7. The molecule has 180 valence electrons. The number of hydrogen-bond acceptors (Lipinski definition) is 4. The van der Waals surface area contributed by atoms with E-state index in [-0.39, 0.29) is 11.0 Å². The van der Waals surface area contributed by atoms with Crippen molar-refractivity contribution in [2.45, 2.75) is 53.9 Å². The van der Waals surface area contributed by atoms with Crippen LogP contribution in [0.15, 0.2) is 70.6 Å². The van der Waals surface area contributed by atoms with E-state index >= 15 is 0 Å². The van der Waals surface area contributed by atoms with Gasteiger partial charge in [-0.15, -0.1) is 0 Å². The summed E-state index contributed by atoms with van der Waals surface area (Å²) in [6, 6.07) is 9.97. The second-order valence-electron chi connectivity index (χ2n) is 9.45. The highest BCUT2D eigenvalue weighted by Crippen LogP contribution is 2.35. The topological polar surface area (TPSA) is 52.9 Å². The zero-order valence-corrected chi connectivity index (χ0v) is 20.8. The van der Waals surface area contributed by atoms with Crippen LogP contribution in [0, 0.1) is 5.41 Å². The second-order valence-corrected chi connectivity index (χ2v) is 9.45. The molecule has 0 atom stereocenters. The van der Waals surface area contributed by atoms with E-state index in [9.17, 15) is 8.78 Å². The highest BCUT2D eigenvalue weighted by molar-refractivity contribution is 5.84. The number of anilines is 1. The number of nitrogens with zero attached hydrogens (tertiary/aromatic N) is 4. The standard InChI is InChI=1S/C27H33F2N5/c1-8-24(26(4,5)6)32-18(2)31-19(3)34-16-10-15-30-23-14-13-22(33-25(23)34)20-11-9-12-21(17-20)27(7,28)29/h8-9,11-15,17H,3,10,16H2,1-2,4-7H3,(H,31,32)/b24-8-. The summed E-state index contributed by atoms with van der Waals surface area (Å²) in [4.78, 5) is 16.0. The molecule has 0 saturated heterocycles. The van der Waals surface area contributed by atoms with Gasteiger partial charge in [0.2, 0.25) is 0 Å². The second kappa shape index (κ2) is 9.87. The maximum atomic E-state index is 13.9. The number of pyridine rings is 1. The molecule has 0 fully saturated rings. The number of rotatable bonds is 5. The molecule has 0 aliphatic carbocycles. The summed E-state index contributed by atoms with van der Waals surface area (Å²) in [5.74, 6) is -0.969. The zero-order valence-electron chi connectivity index (χ0n) is 20.8. The molecule has 1 aliphatic rings. The monoisotopic (exact) mass is 465 g/mol. The fourth-order valence-electron chi connectivity index (χ4n) is 3.72. The van der Waals surface area contributed by atoms with Crippen LogP contribution in [0.3, 0.4) is 0 Å². The number of aromatic nitrogens is 1. The quantitative estimate of drug-likeness (QED) is 0.375. The third kappa shape index (κ3) is 5.95. The first-order chi connectivity index (χ1) is 15.9. The van der Waals surface area contributed by atoms with Gasteiger partial charge in [0.05, 0.1) is 5.69 Å². The average molecular weight is 466 g/mol. The predicted molar refractivity (Wildman–Crippen MR) is 138 cm³/mol. The molecule has 2 heterocycles. The Morgan fingerprint density at radius 1 is 1.18 bits per heavy atom. The van der Waals surface area contributed by atoms with Crippen LogP contribution in [0.25, 0.3) is 11.3 Å². The molecule has 0 amide bonds. The van der Waals surface area contributed by atoms with Gasteiger partial charge in [-0.1, -0.05) is 51.6 Å². The van der Waals surface area contributed by atoms with Gasteiger partial charge in [0.25, 0.3) is 5.92 Å². The van der Waals surface area contributed by atoms with Gasteiger partial charge < -0.3 is 10.2 Å². The molecular formula is C27H33F2N5. The van der Waals surface area contributed by atoms with Crippen LogP contribution in [0.2, 0.25) is 0 Å². The Morgan fingerprint density at radius 3 is 2.56 bits per heavy atom. The highest BCUT2D eigenvalue weighted by Gasteiger charge is 2.25. The summed E-state index contributed by atoms with van der Waals surface area (Å²) in [6.07, 6.45) is 4.57. The Labute approximate surface area is 201 Å². The van der Waals surface area contributed by atoms with Crippen LogP contribution in [0.5, 0.6) is 0 Å². The van der Waals surface area contributed by atoms with Crippen LogP contribution < -0.4 is 10.2 Å². The summed E-state index contributed by atoms with van der Waals surface area (Å²) in [5.41, 5.74) is 2.75. The van der Waals surface area contributed by atoms with Crippen molar-refractivity contribution >= 4 is 23.6 Å². The van der Waals surface area contributed by atoms with Crippen molar-refractivity contribution < 1.29 is 8.78 Å². The molecule has 1 aromatic carbocycles. The number of halogens is 2. The van der Waals surface area contributed by atoms with E-state index < -0.39 is 5.92 Å². The molecular weight excluding hydrogens is 432 g/mol. The highest BCUT2D eigenvalue weighted by atomic mass is 19.3. The first-order valence-electron chi connectivity index (χ1n) is 11.4. The minimum absolute atomic E-state index is 0.0480. The molecule has 1 aromatic heterocycles. The Hall–Kier alpha value is -3.35. The fourth-order valence-corrected chi connectivity index (χ4v) is 3.72. The van der Waals surface area contributed by atoms with Crippen molar-refractivity contribution in [3.8, 4) is 11.3 Å². The lowest BCUT2D eigenvalue weighted by atomic mass is 9.92. The normalized spacial score (nSPS) is 15.1. The van der Waals surface area contributed by atoms with Crippen molar-refractivity contribution in [2.75, 3.05) is 11.4 Å². The maximum Gasteiger partial charge on any atom is 0.270 e. The molecule has 0 spiro atoms. The largest absolute Gasteiger partial charge is 0.331 e. The van der Waals surface area contributed by atoms with E-state index in [4.69, 9.17) is 9.98 Å². The van der Waals surface area contributed by atoms with E-state index in [0.29, 0.717) is 47.4 Å². The molecule has 7 heteroatoms. The molecule has 1 N–H and O–H groups in total. The van der Waals surface area contributed by atoms with Gasteiger partial charge in [-0.25, -0.2) is 18.8 Å². The number of benzene rings is 1. The van der Waals surface area contributed by atoms with E-state index in [1.807, 2.05) is 37.1 Å². The maximum absolute atomic E-state index is 13.9. The molecule has 34 heavy (non-hydrogen) atoms. The first kappa shape index (κ1) is 25.3. The van der Waals surface area contributed by atoms with Gasteiger partial charge in [-0.2, -0.15) is 0 Å². The van der Waals surface area contributed by atoms with Gasteiger partial charge in [-0.05, 0) is 32.0 Å². The molecule has 0 radical (unpaired) electrons.